The van der Waals surface area contributed by atoms with Crippen molar-refractivity contribution in [3.63, 3.8) is 0 Å². The first kappa shape index (κ1) is 19.2. The van der Waals surface area contributed by atoms with Gasteiger partial charge in [-0.25, -0.2) is 0 Å². The van der Waals surface area contributed by atoms with Gasteiger partial charge in [-0.05, 0) is 85.1 Å². The third-order valence-corrected chi connectivity index (χ3v) is 5.69. The molecule has 1 fully saturated rings. The number of likely N-dealkylation sites (tertiary alicyclic amines) is 1. The smallest absolute Gasteiger partial charge is 0.00221 e. The molecule has 0 radical (unpaired) electrons. The highest BCUT2D eigenvalue weighted by atomic mass is 32.1. The van der Waals surface area contributed by atoms with Crippen molar-refractivity contribution in [3.05, 3.63) is 57.8 Å². The molecule has 1 nitrogen and oxygen atoms in total. The molecule has 0 atom stereocenters. The lowest BCUT2D eigenvalue weighted by molar-refractivity contribution is 0.194. The Hall–Kier alpha value is -1.12. The fourth-order valence-corrected chi connectivity index (χ4v) is 3.87. The molecule has 1 saturated heterocycles. The molecule has 0 N–H and O–H groups in total. The molecule has 2 heterocycles. The summed E-state index contributed by atoms with van der Waals surface area (Å²) in [5, 5.41) is 4.44. The first-order valence-corrected chi connectivity index (χ1v) is 10.4. The lowest BCUT2D eigenvalue weighted by Crippen LogP contribution is -2.34. The molecule has 1 aromatic heterocycles. The van der Waals surface area contributed by atoms with E-state index in [2.05, 4.69) is 66.8 Å². The van der Waals surface area contributed by atoms with Gasteiger partial charge in [0.15, 0.2) is 0 Å². The molecule has 0 saturated carbocycles. The van der Waals surface area contributed by atoms with Crippen LogP contribution in [-0.4, -0.2) is 24.5 Å². The molecule has 0 unspecified atom stereocenters. The Kier molecular flexibility index (Phi) is 8.55. The van der Waals surface area contributed by atoms with E-state index >= 15 is 0 Å². The highest BCUT2D eigenvalue weighted by Crippen LogP contribution is 2.16. The second-order valence-electron chi connectivity index (χ2n) is 7.08. The van der Waals surface area contributed by atoms with E-state index in [1.54, 1.807) is 0 Å². The Bertz CT molecular complexity index is 553. The number of hydrogen-bond acceptors (Lipinski definition) is 2. The number of aryl methyl sites for hydroxylation is 2. The van der Waals surface area contributed by atoms with Crippen molar-refractivity contribution in [2.75, 3.05) is 19.6 Å². The number of rotatable bonds is 5. The Labute approximate surface area is 152 Å². The second kappa shape index (κ2) is 10.7. The van der Waals surface area contributed by atoms with E-state index in [1.807, 2.05) is 11.3 Å². The van der Waals surface area contributed by atoms with Gasteiger partial charge in [0.25, 0.3) is 0 Å². The zero-order valence-corrected chi connectivity index (χ0v) is 16.4. The molecule has 0 amide bonds. The van der Waals surface area contributed by atoms with Gasteiger partial charge in [-0.15, -0.1) is 0 Å². The highest BCUT2D eigenvalue weighted by molar-refractivity contribution is 7.07. The van der Waals surface area contributed by atoms with Crippen LogP contribution in [-0.2, 0) is 12.8 Å². The number of benzene rings is 1. The molecule has 0 aliphatic carbocycles. The van der Waals surface area contributed by atoms with Gasteiger partial charge in [-0.3, -0.25) is 0 Å². The molecule has 3 rings (SSSR count). The van der Waals surface area contributed by atoms with Gasteiger partial charge in [0.05, 0.1) is 0 Å². The van der Waals surface area contributed by atoms with E-state index in [-0.39, 0.29) is 0 Å². The van der Waals surface area contributed by atoms with Gasteiger partial charge in [0.1, 0.15) is 0 Å². The summed E-state index contributed by atoms with van der Waals surface area (Å²) in [4.78, 5) is 2.61. The summed E-state index contributed by atoms with van der Waals surface area (Å²) in [5.74, 6) is 0.951. The summed E-state index contributed by atoms with van der Waals surface area (Å²) >= 11 is 1.81. The highest BCUT2D eigenvalue weighted by Gasteiger charge is 2.14. The topological polar surface area (TPSA) is 3.24 Å². The Morgan fingerprint density at radius 1 is 1.08 bits per heavy atom. The predicted octanol–water partition coefficient (Wildman–Crippen LogP) is 5.97. The Morgan fingerprint density at radius 3 is 2.46 bits per heavy atom. The van der Waals surface area contributed by atoms with Crippen molar-refractivity contribution in [2.24, 2.45) is 5.92 Å². The third kappa shape index (κ3) is 6.78. The zero-order valence-electron chi connectivity index (χ0n) is 15.6. The second-order valence-corrected chi connectivity index (χ2v) is 7.86. The van der Waals surface area contributed by atoms with Crippen LogP contribution < -0.4 is 0 Å². The Morgan fingerprint density at radius 2 is 1.83 bits per heavy atom. The molecule has 1 aliphatic heterocycles. The van der Waals surface area contributed by atoms with Crippen molar-refractivity contribution >= 4 is 11.3 Å². The van der Waals surface area contributed by atoms with Crippen LogP contribution in [0.2, 0.25) is 0 Å². The quantitative estimate of drug-likeness (QED) is 0.646. The molecule has 24 heavy (non-hydrogen) atoms. The number of piperidine rings is 1. The van der Waals surface area contributed by atoms with Gasteiger partial charge in [-0.2, -0.15) is 11.3 Å². The van der Waals surface area contributed by atoms with Crippen molar-refractivity contribution in [1.82, 2.24) is 4.90 Å². The molecule has 0 spiro atoms. The summed E-state index contributed by atoms with van der Waals surface area (Å²) in [6.45, 7) is 10.6. The van der Waals surface area contributed by atoms with E-state index in [4.69, 9.17) is 0 Å². The molecule has 2 heteroatoms. The van der Waals surface area contributed by atoms with Crippen molar-refractivity contribution in [2.45, 2.75) is 52.9 Å². The van der Waals surface area contributed by atoms with Crippen molar-refractivity contribution in [1.29, 1.82) is 0 Å². The maximum Gasteiger partial charge on any atom is 0.00221 e. The van der Waals surface area contributed by atoms with Gasteiger partial charge < -0.3 is 4.90 Å². The minimum Gasteiger partial charge on any atom is -0.303 e. The average Bonchev–Trinajstić information content (AvgIpc) is 3.11. The molecule has 0 bridgehead atoms. The summed E-state index contributed by atoms with van der Waals surface area (Å²) in [6.07, 6.45) is 6.47. The van der Waals surface area contributed by atoms with Gasteiger partial charge in [0, 0.05) is 6.54 Å². The lowest BCUT2D eigenvalue weighted by atomic mass is 9.99. The summed E-state index contributed by atoms with van der Waals surface area (Å²) in [7, 11) is 0. The summed E-state index contributed by atoms with van der Waals surface area (Å²) in [6, 6.07) is 10.8. The predicted molar refractivity (Wildman–Crippen MR) is 108 cm³/mol. The summed E-state index contributed by atoms with van der Waals surface area (Å²) < 4.78 is 0. The van der Waals surface area contributed by atoms with Crippen molar-refractivity contribution in [3.8, 4) is 0 Å². The van der Waals surface area contributed by atoms with E-state index in [9.17, 15) is 0 Å². The molecule has 2 aromatic rings. The first-order valence-electron chi connectivity index (χ1n) is 9.47. The molecule has 1 aromatic carbocycles. The molecule has 1 aliphatic rings. The van der Waals surface area contributed by atoms with E-state index < -0.39 is 0 Å². The van der Waals surface area contributed by atoms with Crippen LogP contribution in [0.3, 0.4) is 0 Å². The fraction of sp³-hybridized carbons (Fsp3) is 0.545. The van der Waals surface area contributed by atoms with Crippen LogP contribution in [0.5, 0.6) is 0 Å². The minimum absolute atomic E-state index is 0.951. The summed E-state index contributed by atoms with van der Waals surface area (Å²) in [5.41, 5.74) is 4.42. The zero-order chi connectivity index (χ0) is 17.2. The van der Waals surface area contributed by atoms with Crippen LogP contribution in [0.25, 0.3) is 0 Å². The van der Waals surface area contributed by atoms with Crippen LogP contribution in [0, 0.1) is 12.8 Å². The van der Waals surface area contributed by atoms with Crippen molar-refractivity contribution < 1.29 is 0 Å². The van der Waals surface area contributed by atoms with Crippen LogP contribution in [0.4, 0.5) is 0 Å². The monoisotopic (exact) mass is 343 g/mol. The molecule has 132 valence electrons. The minimum atomic E-state index is 0.951. The first-order chi connectivity index (χ1) is 11.7. The largest absolute Gasteiger partial charge is 0.303 e. The van der Waals surface area contributed by atoms with E-state index in [1.165, 1.54) is 68.4 Å². The molecular formula is C22H33NS. The van der Waals surface area contributed by atoms with Crippen LogP contribution >= 0.6 is 11.3 Å². The Balaban J connectivity index is 0.000000185. The maximum absolute atomic E-state index is 2.61. The third-order valence-electron chi connectivity index (χ3n) is 4.95. The SMILES string of the molecule is CC1CCN(CCc2ccsc2)CC1.CCCc1ccccc1C. The number of nitrogens with zero attached hydrogens (tertiary/aromatic N) is 1. The number of thiophene rings is 1. The normalized spacial score (nSPS) is 15.8. The standard InChI is InChI=1S/C12H19NS.C10H14/c1-11-2-6-13(7-3-11)8-4-12-5-9-14-10-12;1-3-6-10-8-5-4-7-9(10)2/h5,9-11H,2-4,6-8H2,1H3;4-5,7-8H,3,6H2,1-2H3. The van der Waals surface area contributed by atoms with Crippen LogP contribution in [0.1, 0.15) is 49.8 Å². The maximum atomic E-state index is 2.61. The van der Waals surface area contributed by atoms with Crippen LogP contribution in [0.15, 0.2) is 41.1 Å². The van der Waals surface area contributed by atoms with E-state index in [0.29, 0.717) is 0 Å². The fourth-order valence-electron chi connectivity index (χ4n) is 3.17. The lowest BCUT2D eigenvalue weighted by Gasteiger charge is -2.29. The number of hydrogen-bond donors (Lipinski definition) is 0. The van der Waals surface area contributed by atoms with Gasteiger partial charge in [0.2, 0.25) is 0 Å². The van der Waals surface area contributed by atoms with E-state index in [0.717, 1.165) is 5.92 Å². The van der Waals surface area contributed by atoms with Gasteiger partial charge >= 0.3 is 0 Å². The average molecular weight is 344 g/mol. The molecular weight excluding hydrogens is 310 g/mol. The van der Waals surface area contributed by atoms with Gasteiger partial charge in [-0.1, -0.05) is 44.5 Å².